The number of tetrazole rings is 1. The lowest BCUT2D eigenvalue weighted by molar-refractivity contribution is 0.288. The molecule has 0 atom stereocenters. The van der Waals surface area contributed by atoms with E-state index in [1.54, 1.807) is 24.3 Å². The van der Waals surface area contributed by atoms with Crippen LogP contribution in [-0.4, -0.2) is 38.0 Å². The summed E-state index contributed by atoms with van der Waals surface area (Å²) in [7, 11) is -1.84. The lowest BCUT2D eigenvalue weighted by Gasteiger charge is -2.04. The number of nitrogens with zero attached hydrogens (tertiary/aromatic N) is 3. The molecule has 2 aromatic rings. The summed E-state index contributed by atoms with van der Waals surface area (Å²) < 4.78 is 4.68. The standard InChI is InChI=1S/C7H7BN4O3/c13-8(14)15-6-3-1-2-5(4-6)7-9-11-12-10-7/h1-4,13-14H,(H,9,10,11,12). The van der Waals surface area contributed by atoms with Gasteiger partial charge in [0.25, 0.3) is 0 Å². The van der Waals surface area contributed by atoms with E-state index in [4.69, 9.17) is 10.0 Å². The number of rotatable bonds is 3. The summed E-state index contributed by atoms with van der Waals surface area (Å²) in [6, 6.07) is 6.60. The molecule has 3 N–H and O–H groups in total. The first-order valence-electron chi connectivity index (χ1n) is 4.12. The van der Waals surface area contributed by atoms with E-state index in [0.29, 0.717) is 17.1 Å². The van der Waals surface area contributed by atoms with Gasteiger partial charge in [0.05, 0.1) is 0 Å². The average molecular weight is 206 g/mol. The molecule has 1 heterocycles. The fraction of sp³-hybridized carbons (Fsp3) is 0. The van der Waals surface area contributed by atoms with Crippen molar-refractivity contribution >= 4 is 7.32 Å². The van der Waals surface area contributed by atoms with Crippen molar-refractivity contribution in [3.05, 3.63) is 24.3 Å². The highest BCUT2D eigenvalue weighted by Gasteiger charge is 2.12. The number of benzene rings is 1. The van der Waals surface area contributed by atoms with Gasteiger partial charge in [-0.25, -0.2) is 0 Å². The first-order valence-corrected chi connectivity index (χ1v) is 4.12. The number of hydrogen-bond acceptors (Lipinski definition) is 6. The molecular weight excluding hydrogens is 199 g/mol. The van der Waals surface area contributed by atoms with Crippen molar-refractivity contribution in [3.63, 3.8) is 0 Å². The zero-order valence-corrected chi connectivity index (χ0v) is 7.53. The number of aromatic nitrogens is 4. The molecule has 1 aromatic heterocycles. The van der Waals surface area contributed by atoms with Crippen molar-refractivity contribution in [2.75, 3.05) is 0 Å². The molecule has 0 aliphatic rings. The quantitative estimate of drug-likeness (QED) is 0.568. The minimum Gasteiger partial charge on any atom is -0.512 e. The van der Waals surface area contributed by atoms with Gasteiger partial charge in [-0.2, -0.15) is 5.21 Å². The van der Waals surface area contributed by atoms with Crippen LogP contribution in [0.4, 0.5) is 0 Å². The van der Waals surface area contributed by atoms with Crippen LogP contribution in [0.5, 0.6) is 5.75 Å². The van der Waals surface area contributed by atoms with Gasteiger partial charge in [0.15, 0.2) is 0 Å². The summed E-state index contributed by atoms with van der Waals surface area (Å²) in [4.78, 5) is 0. The van der Waals surface area contributed by atoms with Crippen LogP contribution in [0.1, 0.15) is 0 Å². The maximum absolute atomic E-state index is 8.61. The first kappa shape index (κ1) is 9.62. The molecule has 0 aliphatic carbocycles. The van der Waals surface area contributed by atoms with Crippen LogP contribution < -0.4 is 4.65 Å². The van der Waals surface area contributed by atoms with E-state index in [1.807, 2.05) is 0 Å². The van der Waals surface area contributed by atoms with Crippen LogP contribution in [0.15, 0.2) is 24.3 Å². The van der Waals surface area contributed by atoms with Crippen molar-refractivity contribution in [2.45, 2.75) is 0 Å². The second-order valence-electron chi connectivity index (χ2n) is 2.71. The molecule has 0 saturated heterocycles. The second kappa shape index (κ2) is 4.07. The summed E-state index contributed by atoms with van der Waals surface area (Å²) in [5, 5.41) is 30.5. The molecule has 0 amide bonds. The molecule has 8 heteroatoms. The van der Waals surface area contributed by atoms with Gasteiger partial charge in [-0.3, -0.25) is 0 Å². The van der Waals surface area contributed by atoms with Gasteiger partial charge in [0.1, 0.15) is 5.75 Å². The molecule has 0 aliphatic heterocycles. The summed E-state index contributed by atoms with van der Waals surface area (Å²) in [6.45, 7) is 0. The Hall–Kier alpha value is -1.93. The van der Waals surface area contributed by atoms with Crippen LogP contribution in [0.3, 0.4) is 0 Å². The zero-order valence-electron chi connectivity index (χ0n) is 7.53. The summed E-state index contributed by atoms with van der Waals surface area (Å²) in [5.74, 6) is 0.722. The molecule has 15 heavy (non-hydrogen) atoms. The topological polar surface area (TPSA) is 104 Å². The molecule has 76 valence electrons. The van der Waals surface area contributed by atoms with Crippen LogP contribution in [0.25, 0.3) is 11.4 Å². The average Bonchev–Trinajstić information content (AvgIpc) is 2.69. The van der Waals surface area contributed by atoms with E-state index in [9.17, 15) is 0 Å². The maximum atomic E-state index is 8.61. The van der Waals surface area contributed by atoms with Gasteiger partial charge in [0, 0.05) is 5.56 Å². The summed E-state index contributed by atoms with van der Waals surface area (Å²) in [6.07, 6.45) is 0. The fourth-order valence-corrected chi connectivity index (χ4v) is 1.11. The molecule has 0 radical (unpaired) electrons. The molecule has 2 rings (SSSR count). The van der Waals surface area contributed by atoms with Crippen LogP contribution in [-0.2, 0) is 0 Å². The van der Waals surface area contributed by atoms with E-state index < -0.39 is 7.32 Å². The third-order valence-electron chi connectivity index (χ3n) is 1.68. The Morgan fingerprint density at radius 1 is 1.33 bits per heavy atom. The highest BCUT2D eigenvalue weighted by Crippen LogP contribution is 2.19. The molecule has 7 nitrogen and oxygen atoms in total. The Morgan fingerprint density at radius 3 is 2.87 bits per heavy atom. The summed E-state index contributed by atoms with van der Waals surface area (Å²) >= 11 is 0. The number of H-pyrrole nitrogens is 1. The lowest BCUT2D eigenvalue weighted by atomic mass is 10.2. The smallest absolute Gasteiger partial charge is 0.512 e. The van der Waals surface area contributed by atoms with Gasteiger partial charge in [-0.05, 0) is 17.3 Å². The zero-order chi connectivity index (χ0) is 10.7. The molecule has 0 spiro atoms. The summed E-state index contributed by atoms with van der Waals surface area (Å²) in [5.41, 5.74) is 0.668. The highest BCUT2D eigenvalue weighted by atomic mass is 16.6. The Kier molecular flexibility index (Phi) is 2.61. The van der Waals surface area contributed by atoms with Crippen LogP contribution >= 0.6 is 0 Å². The van der Waals surface area contributed by atoms with Crippen LogP contribution in [0.2, 0.25) is 0 Å². The Labute approximate surface area is 84.9 Å². The van der Waals surface area contributed by atoms with Gasteiger partial charge in [0.2, 0.25) is 5.82 Å². The monoisotopic (exact) mass is 206 g/mol. The Bertz CT molecular complexity index is 434. The minimum atomic E-state index is -1.84. The van der Waals surface area contributed by atoms with E-state index in [-0.39, 0.29) is 0 Å². The SMILES string of the molecule is OB(O)Oc1cccc(-c2nn[nH]n2)c1. The van der Waals surface area contributed by atoms with E-state index in [1.165, 1.54) is 0 Å². The number of aromatic amines is 1. The van der Waals surface area contributed by atoms with Gasteiger partial charge >= 0.3 is 7.32 Å². The molecule has 1 aromatic carbocycles. The second-order valence-corrected chi connectivity index (χ2v) is 2.71. The molecule has 0 fully saturated rings. The Morgan fingerprint density at radius 2 is 2.20 bits per heavy atom. The highest BCUT2D eigenvalue weighted by molar-refractivity contribution is 6.33. The molecule has 0 saturated carbocycles. The third kappa shape index (κ3) is 2.30. The molecule has 0 bridgehead atoms. The van der Waals surface area contributed by atoms with Crippen molar-refractivity contribution in [2.24, 2.45) is 0 Å². The van der Waals surface area contributed by atoms with Crippen LogP contribution in [0, 0.1) is 0 Å². The van der Waals surface area contributed by atoms with Crippen molar-refractivity contribution in [1.82, 2.24) is 20.6 Å². The van der Waals surface area contributed by atoms with Gasteiger partial charge < -0.3 is 14.7 Å². The number of nitrogens with one attached hydrogen (secondary N) is 1. The van der Waals surface area contributed by atoms with Crippen molar-refractivity contribution < 1.29 is 14.7 Å². The van der Waals surface area contributed by atoms with E-state index in [2.05, 4.69) is 25.3 Å². The Balaban J connectivity index is 2.27. The molecule has 0 unspecified atom stereocenters. The maximum Gasteiger partial charge on any atom is 0.707 e. The van der Waals surface area contributed by atoms with E-state index in [0.717, 1.165) is 0 Å². The van der Waals surface area contributed by atoms with Crippen molar-refractivity contribution in [1.29, 1.82) is 0 Å². The predicted octanol–water partition coefficient (Wildman–Crippen LogP) is -0.785. The number of hydrogen-bond donors (Lipinski definition) is 3. The third-order valence-corrected chi connectivity index (χ3v) is 1.68. The predicted molar refractivity (Wildman–Crippen MR) is 50.4 cm³/mol. The largest absolute Gasteiger partial charge is 0.707 e. The fourth-order valence-electron chi connectivity index (χ4n) is 1.11. The first-order chi connectivity index (χ1) is 7.25. The van der Waals surface area contributed by atoms with Gasteiger partial charge in [-0.15, -0.1) is 10.2 Å². The molecular formula is C7H7BN4O3. The lowest BCUT2D eigenvalue weighted by Crippen LogP contribution is -2.20. The normalized spacial score (nSPS) is 10.0. The minimum absolute atomic E-state index is 0.312. The van der Waals surface area contributed by atoms with Crippen molar-refractivity contribution in [3.8, 4) is 17.1 Å². The van der Waals surface area contributed by atoms with Gasteiger partial charge in [-0.1, -0.05) is 12.1 Å². The van der Waals surface area contributed by atoms with E-state index >= 15 is 0 Å².